The maximum absolute atomic E-state index is 12.7. The molecule has 0 spiro atoms. The van der Waals surface area contributed by atoms with Gasteiger partial charge in [0.1, 0.15) is 5.60 Å². The van der Waals surface area contributed by atoms with Crippen LogP contribution in [-0.4, -0.2) is 16.3 Å². The first kappa shape index (κ1) is 15.1. The Morgan fingerprint density at radius 1 is 0.955 bits per heavy atom. The topological polar surface area (TPSA) is 31.2 Å². The third-order valence-electron chi connectivity index (χ3n) is 3.00. The first-order valence-electron chi connectivity index (χ1n) is 6.98. The van der Waals surface area contributed by atoms with E-state index in [4.69, 9.17) is 4.74 Å². The van der Waals surface area contributed by atoms with Crippen molar-refractivity contribution in [3.05, 3.63) is 47.2 Å². The molecule has 0 aromatic carbocycles. The van der Waals surface area contributed by atoms with Gasteiger partial charge < -0.3 is 4.74 Å². The fourth-order valence-electron chi connectivity index (χ4n) is 2.17. The molecule has 0 saturated heterocycles. The molecule has 3 rings (SSSR count). The summed E-state index contributed by atoms with van der Waals surface area (Å²) in [7, 11) is 0. The summed E-state index contributed by atoms with van der Waals surface area (Å²) in [6.07, 6.45) is -0.343. The van der Waals surface area contributed by atoms with E-state index in [0.29, 0.717) is 0 Å². The van der Waals surface area contributed by atoms with E-state index in [2.05, 4.69) is 0 Å². The Hall–Kier alpha value is -1.85. The molecule has 0 aliphatic heterocycles. The van der Waals surface area contributed by atoms with Crippen LogP contribution in [0.5, 0.6) is 0 Å². The van der Waals surface area contributed by atoms with E-state index in [1.54, 1.807) is 27.2 Å². The van der Waals surface area contributed by atoms with Crippen molar-refractivity contribution >= 4 is 28.8 Å². The summed E-state index contributed by atoms with van der Waals surface area (Å²) >= 11 is 3.22. The standard InChI is InChI=1S/C17H17NO2S2/c1-17(2,3)20-16(19)18-12(14-6-4-10-21-14)8-9-13(18)15-7-5-11-22-15/h4-11H,1-3H3. The van der Waals surface area contributed by atoms with Crippen molar-refractivity contribution in [3.63, 3.8) is 0 Å². The molecular formula is C17H17NO2S2. The zero-order valence-corrected chi connectivity index (χ0v) is 14.3. The Morgan fingerprint density at radius 2 is 1.45 bits per heavy atom. The van der Waals surface area contributed by atoms with Crippen LogP contribution < -0.4 is 0 Å². The highest BCUT2D eigenvalue weighted by atomic mass is 32.1. The quantitative estimate of drug-likeness (QED) is 0.600. The van der Waals surface area contributed by atoms with Gasteiger partial charge >= 0.3 is 6.09 Å². The first-order valence-corrected chi connectivity index (χ1v) is 8.74. The second-order valence-electron chi connectivity index (χ2n) is 5.87. The third kappa shape index (κ3) is 3.00. The van der Waals surface area contributed by atoms with E-state index in [1.807, 2.05) is 67.9 Å². The van der Waals surface area contributed by atoms with Crippen molar-refractivity contribution in [1.82, 2.24) is 4.57 Å². The largest absolute Gasteiger partial charge is 0.443 e. The number of hydrogen-bond acceptors (Lipinski definition) is 4. The highest BCUT2D eigenvalue weighted by molar-refractivity contribution is 7.14. The summed E-state index contributed by atoms with van der Waals surface area (Å²) in [4.78, 5) is 14.8. The van der Waals surface area contributed by atoms with E-state index >= 15 is 0 Å². The molecule has 0 amide bonds. The summed E-state index contributed by atoms with van der Waals surface area (Å²) in [5, 5.41) is 4.01. The second-order valence-corrected chi connectivity index (χ2v) is 7.77. The predicted molar refractivity (Wildman–Crippen MR) is 92.7 cm³/mol. The average molecular weight is 331 g/mol. The summed E-state index contributed by atoms with van der Waals surface area (Å²) in [5.74, 6) is 0. The van der Waals surface area contributed by atoms with Crippen LogP contribution >= 0.6 is 22.7 Å². The van der Waals surface area contributed by atoms with Gasteiger partial charge in [-0.1, -0.05) is 12.1 Å². The molecule has 0 bridgehead atoms. The highest BCUT2D eigenvalue weighted by Gasteiger charge is 2.24. The number of thiophene rings is 2. The van der Waals surface area contributed by atoms with Crippen LogP contribution in [0.2, 0.25) is 0 Å². The minimum Gasteiger partial charge on any atom is -0.443 e. The second kappa shape index (κ2) is 5.74. The molecule has 114 valence electrons. The van der Waals surface area contributed by atoms with Gasteiger partial charge in [0.05, 0.1) is 21.1 Å². The molecule has 0 atom stereocenters. The third-order valence-corrected chi connectivity index (χ3v) is 4.79. The van der Waals surface area contributed by atoms with Crippen molar-refractivity contribution in [3.8, 4) is 21.1 Å². The fourth-order valence-corrected chi connectivity index (χ4v) is 3.66. The molecule has 3 aromatic heterocycles. The normalized spacial score (nSPS) is 11.6. The summed E-state index contributed by atoms with van der Waals surface area (Å²) in [6, 6.07) is 11.9. The molecule has 0 saturated carbocycles. The van der Waals surface area contributed by atoms with Crippen LogP contribution in [-0.2, 0) is 4.74 Å². The van der Waals surface area contributed by atoms with Crippen LogP contribution in [0.1, 0.15) is 20.8 Å². The number of aromatic nitrogens is 1. The van der Waals surface area contributed by atoms with Gasteiger partial charge in [-0.25, -0.2) is 9.36 Å². The van der Waals surface area contributed by atoms with Crippen molar-refractivity contribution in [1.29, 1.82) is 0 Å². The summed E-state index contributed by atoms with van der Waals surface area (Å²) < 4.78 is 7.26. The van der Waals surface area contributed by atoms with Gasteiger partial charge in [-0.2, -0.15) is 0 Å². The number of carbonyl (C=O) groups is 1. The van der Waals surface area contributed by atoms with Crippen molar-refractivity contribution in [2.45, 2.75) is 26.4 Å². The Labute approximate surface area is 137 Å². The van der Waals surface area contributed by atoms with Crippen LogP contribution in [0.4, 0.5) is 4.79 Å². The van der Waals surface area contributed by atoms with Gasteiger partial charge in [0.15, 0.2) is 0 Å². The SMILES string of the molecule is CC(C)(C)OC(=O)n1c(-c2cccs2)ccc1-c1cccs1. The van der Waals surface area contributed by atoms with Crippen LogP contribution in [0.25, 0.3) is 21.1 Å². The Balaban J connectivity index is 2.11. The van der Waals surface area contributed by atoms with E-state index in [-0.39, 0.29) is 6.09 Å². The van der Waals surface area contributed by atoms with Gasteiger partial charge in [-0.3, -0.25) is 0 Å². The maximum atomic E-state index is 12.7. The lowest BCUT2D eigenvalue weighted by Crippen LogP contribution is -2.27. The molecule has 3 aromatic rings. The molecule has 0 N–H and O–H groups in total. The molecule has 3 nitrogen and oxygen atoms in total. The predicted octanol–water partition coefficient (Wildman–Crippen LogP) is 5.73. The molecule has 0 fully saturated rings. The van der Waals surface area contributed by atoms with Gasteiger partial charge in [0, 0.05) is 0 Å². The van der Waals surface area contributed by atoms with Crippen molar-refractivity contribution in [2.75, 3.05) is 0 Å². The van der Waals surface area contributed by atoms with Gasteiger partial charge in [0.2, 0.25) is 0 Å². The number of nitrogens with zero attached hydrogens (tertiary/aromatic N) is 1. The van der Waals surface area contributed by atoms with Crippen LogP contribution in [0.15, 0.2) is 47.2 Å². The molecule has 0 radical (unpaired) electrons. The van der Waals surface area contributed by atoms with E-state index in [0.717, 1.165) is 21.1 Å². The number of hydrogen-bond donors (Lipinski definition) is 0. The lowest BCUT2D eigenvalue weighted by molar-refractivity contribution is 0.0543. The van der Waals surface area contributed by atoms with Gasteiger partial charge in [0.25, 0.3) is 0 Å². The zero-order valence-electron chi connectivity index (χ0n) is 12.7. The molecule has 5 heteroatoms. The van der Waals surface area contributed by atoms with Crippen LogP contribution in [0, 0.1) is 0 Å². The lowest BCUT2D eigenvalue weighted by Gasteiger charge is -2.21. The zero-order chi connectivity index (χ0) is 15.7. The Morgan fingerprint density at radius 3 is 1.82 bits per heavy atom. The smallest absolute Gasteiger partial charge is 0.419 e. The Kier molecular flexibility index (Phi) is 3.93. The minimum atomic E-state index is -0.527. The molecule has 0 aliphatic rings. The minimum absolute atomic E-state index is 0.343. The monoisotopic (exact) mass is 331 g/mol. The fraction of sp³-hybridized carbons (Fsp3) is 0.235. The van der Waals surface area contributed by atoms with Crippen LogP contribution in [0.3, 0.4) is 0 Å². The molecule has 22 heavy (non-hydrogen) atoms. The van der Waals surface area contributed by atoms with E-state index in [1.165, 1.54) is 0 Å². The van der Waals surface area contributed by atoms with Gasteiger partial charge in [-0.15, -0.1) is 22.7 Å². The van der Waals surface area contributed by atoms with Gasteiger partial charge in [-0.05, 0) is 55.8 Å². The van der Waals surface area contributed by atoms with Crippen molar-refractivity contribution in [2.24, 2.45) is 0 Å². The number of carbonyl (C=O) groups excluding carboxylic acids is 1. The lowest BCUT2D eigenvalue weighted by atomic mass is 10.2. The molecule has 3 heterocycles. The molecule has 0 aliphatic carbocycles. The molecular weight excluding hydrogens is 314 g/mol. The number of rotatable bonds is 2. The summed E-state index contributed by atoms with van der Waals surface area (Å²) in [5.41, 5.74) is 1.21. The van der Waals surface area contributed by atoms with Crippen molar-refractivity contribution < 1.29 is 9.53 Å². The average Bonchev–Trinajstić information content (AvgIpc) is 3.17. The van der Waals surface area contributed by atoms with E-state index in [9.17, 15) is 4.79 Å². The summed E-state index contributed by atoms with van der Waals surface area (Å²) in [6.45, 7) is 5.64. The maximum Gasteiger partial charge on any atom is 0.419 e. The highest BCUT2D eigenvalue weighted by Crippen LogP contribution is 2.34. The van der Waals surface area contributed by atoms with E-state index < -0.39 is 5.60 Å². The number of ether oxygens (including phenoxy) is 1. The first-order chi connectivity index (χ1) is 10.5. The Bertz CT molecular complexity index is 711. The molecule has 0 unspecified atom stereocenters.